The summed E-state index contributed by atoms with van der Waals surface area (Å²) in [4.78, 5) is 11.2. The van der Waals surface area contributed by atoms with Crippen LogP contribution in [-0.2, 0) is 21.2 Å². The second kappa shape index (κ2) is 6.55. The zero-order valence-electron chi connectivity index (χ0n) is 11.8. The molecule has 1 aliphatic rings. The van der Waals surface area contributed by atoms with Crippen LogP contribution in [0.5, 0.6) is 0 Å². The number of sulfonamides is 1. The van der Waals surface area contributed by atoms with Crippen molar-refractivity contribution < 1.29 is 23.1 Å². The van der Waals surface area contributed by atoms with E-state index < -0.39 is 16.0 Å². The standard InChI is InChI=1S/C14H19NO5S/c1-2-11-3-4-12(7-13(11)14(16)17)21(18,19)15-8-10-5-6-20-9-10/h3-4,7,10,15H,2,5-6,8-9H2,1H3,(H,16,17). The predicted molar refractivity (Wildman–Crippen MR) is 76.9 cm³/mol. The van der Waals surface area contributed by atoms with Gasteiger partial charge in [-0.15, -0.1) is 0 Å². The Hall–Kier alpha value is -1.44. The number of hydrogen-bond donors (Lipinski definition) is 2. The first-order chi connectivity index (χ1) is 9.94. The van der Waals surface area contributed by atoms with Crippen LogP contribution in [0.1, 0.15) is 29.3 Å². The first-order valence-electron chi connectivity index (χ1n) is 6.87. The van der Waals surface area contributed by atoms with Gasteiger partial charge in [-0.1, -0.05) is 13.0 Å². The molecule has 1 aromatic rings. The zero-order chi connectivity index (χ0) is 15.5. The zero-order valence-corrected chi connectivity index (χ0v) is 12.6. The van der Waals surface area contributed by atoms with Crippen LogP contribution in [0.3, 0.4) is 0 Å². The lowest BCUT2D eigenvalue weighted by Crippen LogP contribution is -2.29. The second-order valence-corrected chi connectivity index (χ2v) is 6.83. The molecule has 0 aliphatic carbocycles. The van der Waals surface area contributed by atoms with Crippen molar-refractivity contribution in [1.29, 1.82) is 0 Å². The van der Waals surface area contributed by atoms with Crippen molar-refractivity contribution in [2.45, 2.75) is 24.7 Å². The smallest absolute Gasteiger partial charge is 0.336 e. The van der Waals surface area contributed by atoms with Gasteiger partial charge in [0.05, 0.1) is 17.1 Å². The summed E-state index contributed by atoms with van der Waals surface area (Å²) in [6.07, 6.45) is 1.37. The summed E-state index contributed by atoms with van der Waals surface area (Å²) in [5, 5.41) is 9.16. The molecule has 0 aromatic heterocycles. The van der Waals surface area contributed by atoms with Crippen molar-refractivity contribution in [3.8, 4) is 0 Å². The molecular weight excluding hydrogens is 294 g/mol. The van der Waals surface area contributed by atoms with Gasteiger partial charge < -0.3 is 9.84 Å². The summed E-state index contributed by atoms with van der Waals surface area (Å²) in [6, 6.07) is 4.21. The maximum Gasteiger partial charge on any atom is 0.336 e. The highest BCUT2D eigenvalue weighted by Crippen LogP contribution is 2.18. The summed E-state index contributed by atoms with van der Waals surface area (Å²) in [7, 11) is -3.70. The van der Waals surface area contributed by atoms with E-state index in [-0.39, 0.29) is 16.4 Å². The average Bonchev–Trinajstić information content (AvgIpc) is 2.97. The third-order valence-corrected chi connectivity index (χ3v) is 5.01. The molecular formula is C14H19NO5S. The first kappa shape index (κ1) is 15.9. The molecule has 1 saturated heterocycles. The molecule has 0 amide bonds. The molecule has 1 aliphatic heterocycles. The highest BCUT2D eigenvalue weighted by atomic mass is 32.2. The van der Waals surface area contributed by atoms with E-state index in [9.17, 15) is 13.2 Å². The molecule has 21 heavy (non-hydrogen) atoms. The molecule has 1 unspecified atom stereocenters. The lowest BCUT2D eigenvalue weighted by atomic mass is 10.1. The van der Waals surface area contributed by atoms with E-state index >= 15 is 0 Å². The van der Waals surface area contributed by atoms with Crippen LogP contribution >= 0.6 is 0 Å². The molecule has 1 fully saturated rings. The van der Waals surface area contributed by atoms with Gasteiger partial charge in [-0.05, 0) is 36.5 Å². The summed E-state index contributed by atoms with van der Waals surface area (Å²) < 4.78 is 32.2. The van der Waals surface area contributed by atoms with Crippen molar-refractivity contribution in [2.75, 3.05) is 19.8 Å². The average molecular weight is 313 g/mol. The maximum absolute atomic E-state index is 12.2. The monoisotopic (exact) mass is 313 g/mol. The Morgan fingerprint density at radius 1 is 1.48 bits per heavy atom. The Kier molecular flexibility index (Phi) is 4.97. The molecule has 1 atom stereocenters. The molecule has 2 N–H and O–H groups in total. The number of hydrogen-bond acceptors (Lipinski definition) is 4. The minimum atomic E-state index is -3.70. The Morgan fingerprint density at radius 3 is 2.81 bits per heavy atom. The van der Waals surface area contributed by atoms with Gasteiger partial charge in [-0.2, -0.15) is 0 Å². The van der Waals surface area contributed by atoms with Crippen LogP contribution in [0.4, 0.5) is 0 Å². The summed E-state index contributed by atoms with van der Waals surface area (Å²) in [6.45, 7) is 3.34. The van der Waals surface area contributed by atoms with Crippen LogP contribution < -0.4 is 4.72 Å². The number of rotatable bonds is 6. The summed E-state index contributed by atoms with van der Waals surface area (Å²) >= 11 is 0. The number of nitrogens with one attached hydrogen (secondary N) is 1. The van der Waals surface area contributed by atoms with E-state index in [0.29, 0.717) is 31.7 Å². The SMILES string of the molecule is CCc1ccc(S(=O)(=O)NCC2CCOC2)cc1C(=O)O. The lowest BCUT2D eigenvalue weighted by molar-refractivity contribution is 0.0695. The van der Waals surface area contributed by atoms with E-state index in [1.165, 1.54) is 12.1 Å². The van der Waals surface area contributed by atoms with Crippen molar-refractivity contribution in [3.05, 3.63) is 29.3 Å². The van der Waals surface area contributed by atoms with Gasteiger partial charge in [0.25, 0.3) is 0 Å². The third-order valence-electron chi connectivity index (χ3n) is 3.59. The van der Waals surface area contributed by atoms with E-state index in [1.54, 1.807) is 6.07 Å². The molecule has 0 spiro atoms. The topological polar surface area (TPSA) is 92.7 Å². The molecule has 7 heteroatoms. The van der Waals surface area contributed by atoms with Crippen LogP contribution in [0.25, 0.3) is 0 Å². The van der Waals surface area contributed by atoms with Crippen molar-refractivity contribution >= 4 is 16.0 Å². The number of aryl methyl sites for hydroxylation is 1. The largest absolute Gasteiger partial charge is 0.478 e. The Labute approximate surface area is 124 Å². The van der Waals surface area contributed by atoms with Crippen LogP contribution in [0, 0.1) is 5.92 Å². The molecule has 6 nitrogen and oxygen atoms in total. The van der Waals surface area contributed by atoms with Gasteiger partial charge in [0.2, 0.25) is 10.0 Å². The molecule has 0 radical (unpaired) electrons. The number of benzene rings is 1. The highest BCUT2D eigenvalue weighted by Gasteiger charge is 2.21. The molecule has 1 aromatic carbocycles. The third kappa shape index (κ3) is 3.81. The Balaban J connectivity index is 2.18. The normalized spacial score (nSPS) is 18.8. The fraction of sp³-hybridized carbons (Fsp3) is 0.500. The van der Waals surface area contributed by atoms with E-state index in [2.05, 4.69) is 4.72 Å². The van der Waals surface area contributed by atoms with Crippen molar-refractivity contribution in [1.82, 2.24) is 4.72 Å². The Morgan fingerprint density at radius 2 is 2.24 bits per heavy atom. The second-order valence-electron chi connectivity index (χ2n) is 5.06. The number of aromatic carboxylic acids is 1. The molecule has 0 saturated carbocycles. The highest BCUT2D eigenvalue weighted by molar-refractivity contribution is 7.89. The summed E-state index contributed by atoms with van der Waals surface area (Å²) in [5.41, 5.74) is 0.648. The van der Waals surface area contributed by atoms with E-state index in [0.717, 1.165) is 6.42 Å². The number of ether oxygens (including phenoxy) is 1. The predicted octanol–water partition coefficient (Wildman–Crippen LogP) is 1.26. The lowest BCUT2D eigenvalue weighted by Gasteiger charge is -2.12. The van der Waals surface area contributed by atoms with Gasteiger partial charge >= 0.3 is 5.97 Å². The fourth-order valence-corrected chi connectivity index (χ4v) is 3.43. The number of carbonyl (C=O) groups is 1. The number of carboxylic acid groups (broad SMARTS) is 1. The summed E-state index contributed by atoms with van der Waals surface area (Å²) in [5.74, 6) is -0.943. The maximum atomic E-state index is 12.2. The van der Waals surface area contributed by atoms with Crippen LogP contribution in [0.2, 0.25) is 0 Å². The fourth-order valence-electron chi connectivity index (χ4n) is 2.29. The van der Waals surface area contributed by atoms with Crippen LogP contribution in [-0.4, -0.2) is 39.3 Å². The minimum absolute atomic E-state index is 0.0176. The van der Waals surface area contributed by atoms with Gasteiger partial charge in [0, 0.05) is 13.2 Å². The molecule has 2 rings (SSSR count). The molecule has 1 heterocycles. The van der Waals surface area contributed by atoms with Crippen molar-refractivity contribution in [2.24, 2.45) is 5.92 Å². The van der Waals surface area contributed by atoms with Crippen molar-refractivity contribution in [3.63, 3.8) is 0 Å². The van der Waals surface area contributed by atoms with Gasteiger partial charge in [0.1, 0.15) is 0 Å². The molecule has 116 valence electrons. The van der Waals surface area contributed by atoms with Crippen LogP contribution in [0.15, 0.2) is 23.1 Å². The quantitative estimate of drug-likeness (QED) is 0.825. The van der Waals surface area contributed by atoms with E-state index in [4.69, 9.17) is 9.84 Å². The first-order valence-corrected chi connectivity index (χ1v) is 8.36. The Bertz CT molecular complexity index is 620. The van der Waals surface area contributed by atoms with E-state index in [1.807, 2.05) is 6.92 Å². The van der Waals surface area contributed by atoms with Gasteiger partial charge in [-0.25, -0.2) is 17.9 Å². The minimum Gasteiger partial charge on any atom is -0.478 e. The van der Waals surface area contributed by atoms with Gasteiger partial charge in [0.15, 0.2) is 0 Å². The molecule has 0 bridgehead atoms. The number of carboxylic acids is 1. The van der Waals surface area contributed by atoms with Gasteiger partial charge in [-0.3, -0.25) is 0 Å².